The van der Waals surface area contributed by atoms with Crippen molar-refractivity contribution in [2.45, 2.75) is 6.42 Å². The molecule has 0 bridgehead atoms. The Morgan fingerprint density at radius 1 is 1.12 bits per heavy atom. The van der Waals surface area contributed by atoms with Crippen LogP contribution in [0.1, 0.15) is 5.82 Å². The van der Waals surface area contributed by atoms with Gasteiger partial charge in [0.15, 0.2) is 5.65 Å². The van der Waals surface area contributed by atoms with Crippen molar-refractivity contribution in [3.63, 3.8) is 0 Å². The molecule has 0 spiro atoms. The number of aromatic nitrogens is 5. The fourth-order valence-corrected chi connectivity index (χ4v) is 2.37. The van der Waals surface area contributed by atoms with Crippen LogP contribution in [0.2, 0.25) is 0 Å². The predicted octanol–water partition coefficient (Wildman–Crippen LogP) is 2.07. The highest BCUT2D eigenvalue weighted by atomic mass is 16.5. The number of carboxylic acids is 1. The maximum atomic E-state index is 10.8. The first-order valence-electron chi connectivity index (χ1n) is 7.16. The average molecular weight is 321 g/mol. The second kappa shape index (κ2) is 5.58. The first-order chi connectivity index (χ1) is 11.7. The van der Waals surface area contributed by atoms with Crippen molar-refractivity contribution in [2.24, 2.45) is 0 Å². The van der Waals surface area contributed by atoms with Crippen LogP contribution in [-0.4, -0.2) is 35.8 Å². The van der Waals surface area contributed by atoms with Gasteiger partial charge in [0, 0.05) is 17.3 Å². The molecule has 0 unspecified atom stereocenters. The maximum Gasteiger partial charge on any atom is 0.311 e. The van der Waals surface area contributed by atoms with Gasteiger partial charge in [0.1, 0.15) is 12.2 Å². The number of carboxylic acid groups (broad SMARTS) is 1. The highest BCUT2D eigenvalue weighted by Gasteiger charge is 2.14. The molecule has 1 N–H and O–H groups in total. The van der Waals surface area contributed by atoms with Crippen LogP contribution in [0, 0.1) is 0 Å². The number of nitrogens with zero attached hydrogens (tertiary/aromatic N) is 5. The van der Waals surface area contributed by atoms with E-state index in [9.17, 15) is 4.79 Å². The summed E-state index contributed by atoms with van der Waals surface area (Å²) in [5.41, 5.74) is 2.06. The number of pyridine rings is 1. The van der Waals surface area contributed by atoms with Crippen molar-refractivity contribution in [1.82, 2.24) is 24.7 Å². The average Bonchev–Trinajstić information content (AvgIpc) is 3.22. The molecule has 0 amide bonds. The van der Waals surface area contributed by atoms with Gasteiger partial charge in [0.05, 0.1) is 0 Å². The van der Waals surface area contributed by atoms with E-state index in [0.717, 1.165) is 5.56 Å². The van der Waals surface area contributed by atoms with E-state index in [2.05, 4.69) is 20.3 Å². The molecule has 4 aromatic rings. The molecule has 8 heteroatoms. The normalized spacial score (nSPS) is 11.0. The Morgan fingerprint density at radius 2 is 1.96 bits per heavy atom. The first kappa shape index (κ1) is 14.1. The van der Waals surface area contributed by atoms with Gasteiger partial charge >= 0.3 is 5.97 Å². The number of aliphatic carboxylic acids is 1. The SMILES string of the molecule is O=C(O)Cc1nnc2cc(-c3nc(-c4ccccc4)no3)ccn12. The fraction of sp³-hybridized carbons (Fsp3) is 0.0625. The smallest absolute Gasteiger partial charge is 0.311 e. The summed E-state index contributed by atoms with van der Waals surface area (Å²) in [6.45, 7) is 0. The molecule has 0 aliphatic heterocycles. The Morgan fingerprint density at radius 3 is 2.75 bits per heavy atom. The molecule has 0 atom stereocenters. The van der Waals surface area contributed by atoms with E-state index >= 15 is 0 Å². The molecule has 118 valence electrons. The van der Waals surface area contributed by atoms with Crippen molar-refractivity contribution in [3.8, 4) is 22.8 Å². The van der Waals surface area contributed by atoms with Gasteiger partial charge in [-0.2, -0.15) is 4.98 Å². The molecule has 4 rings (SSSR count). The summed E-state index contributed by atoms with van der Waals surface area (Å²) in [6, 6.07) is 13.0. The molecule has 3 heterocycles. The van der Waals surface area contributed by atoms with Crippen LogP contribution in [0.3, 0.4) is 0 Å². The van der Waals surface area contributed by atoms with Gasteiger partial charge in [-0.3, -0.25) is 9.20 Å². The van der Waals surface area contributed by atoms with Crippen LogP contribution in [0.5, 0.6) is 0 Å². The number of carbonyl (C=O) groups is 1. The maximum absolute atomic E-state index is 10.8. The van der Waals surface area contributed by atoms with E-state index in [4.69, 9.17) is 9.63 Å². The van der Waals surface area contributed by atoms with Crippen LogP contribution in [-0.2, 0) is 11.2 Å². The molecule has 0 fully saturated rings. The first-order valence-corrected chi connectivity index (χ1v) is 7.16. The molecule has 0 aliphatic carbocycles. The number of benzene rings is 1. The molecule has 0 saturated carbocycles. The van der Waals surface area contributed by atoms with Crippen molar-refractivity contribution >= 4 is 11.6 Å². The van der Waals surface area contributed by atoms with Crippen LogP contribution in [0.4, 0.5) is 0 Å². The van der Waals surface area contributed by atoms with Crippen LogP contribution in [0.25, 0.3) is 28.5 Å². The monoisotopic (exact) mass is 321 g/mol. The molecule has 0 saturated heterocycles. The van der Waals surface area contributed by atoms with Gasteiger partial charge < -0.3 is 9.63 Å². The summed E-state index contributed by atoms with van der Waals surface area (Å²) in [4.78, 5) is 15.2. The molecule has 8 nitrogen and oxygen atoms in total. The Hall–Kier alpha value is -3.55. The number of rotatable bonds is 4. The third kappa shape index (κ3) is 2.50. The van der Waals surface area contributed by atoms with E-state index in [-0.39, 0.29) is 6.42 Å². The molecule has 3 aromatic heterocycles. The molecule has 0 radical (unpaired) electrons. The van der Waals surface area contributed by atoms with E-state index < -0.39 is 5.97 Å². The lowest BCUT2D eigenvalue weighted by atomic mass is 10.2. The zero-order valence-electron chi connectivity index (χ0n) is 12.3. The van der Waals surface area contributed by atoms with Crippen molar-refractivity contribution in [3.05, 3.63) is 54.5 Å². The molecule has 24 heavy (non-hydrogen) atoms. The van der Waals surface area contributed by atoms with Crippen LogP contribution >= 0.6 is 0 Å². The van der Waals surface area contributed by atoms with E-state index in [1.807, 2.05) is 30.3 Å². The van der Waals surface area contributed by atoms with Gasteiger partial charge in [-0.05, 0) is 12.1 Å². The number of hydrogen-bond acceptors (Lipinski definition) is 6. The summed E-state index contributed by atoms with van der Waals surface area (Å²) < 4.78 is 6.93. The molecular formula is C16H11N5O3. The molecular weight excluding hydrogens is 310 g/mol. The fourth-order valence-electron chi connectivity index (χ4n) is 2.37. The Balaban J connectivity index is 1.70. The topological polar surface area (TPSA) is 106 Å². The van der Waals surface area contributed by atoms with Crippen LogP contribution in [0.15, 0.2) is 53.2 Å². The number of fused-ring (bicyclic) bond motifs is 1. The summed E-state index contributed by atoms with van der Waals surface area (Å²) in [5.74, 6) is 0.259. The van der Waals surface area contributed by atoms with Crippen molar-refractivity contribution < 1.29 is 14.4 Å². The van der Waals surface area contributed by atoms with Crippen molar-refractivity contribution in [2.75, 3.05) is 0 Å². The minimum absolute atomic E-state index is 0.195. The lowest BCUT2D eigenvalue weighted by Crippen LogP contribution is -2.04. The lowest BCUT2D eigenvalue weighted by Gasteiger charge is -1.98. The van der Waals surface area contributed by atoms with Gasteiger partial charge in [-0.1, -0.05) is 35.5 Å². The summed E-state index contributed by atoms with van der Waals surface area (Å²) in [7, 11) is 0. The standard InChI is InChI=1S/C16H11N5O3/c22-14(23)9-13-19-18-12-8-11(6-7-21(12)13)16-17-15(20-24-16)10-4-2-1-3-5-10/h1-8H,9H2,(H,22,23). The summed E-state index contributed by atoms with van der Waals surface area (Å²) in [6.07, 6.45) is 1.49. The van der Waals surface area contributed by atoms with Gasteiger partial charge in [-0.15, -0.1) is 10.2 Å². The second-order valence-corrected chi connectivity index (χ2v) is 5.12. The molecule has 0 aliphatic rings. The Kier molecular flexibility index (Phi) is 3.27. The van der Waals surface area contributed by atoms with Crippen LogP contribution < -0.4 is 0 Å². The highest BCUT2D eigenvalue weighted by molar-refractivity contribution is 5.70. The Bertz CT molecular complexity index is 1020. The van der Waals surface area contributed by atoms with Crippen molar-refractivity contribution in [1.29, 1.82) is 0 Å². The van der Waals surface area contributed by atoms with E-state index in [1.54, 1.807) is 22.7 Å². The minimum atomic E-state index is -0.960. The minimum Gasteiger partial charge on any atom is -0.481 e. The summed E-state index contributed by atoms with van der Waals surface area (Å²) >= 11 is 0. The Labute approximate surface area is 135 Å². The lowest BCUT2D eigenvalue weighted by molar-refractivity contribution is -0.136. The largest absolute Gasteiger partial charge is 0.481 e. The predicted molar refractivity (Wildman–Crippen MR) is 83.1 cm³/mol. The van der Waals surface area contributed by atoms with E-state index in [0.29, 0.717) is 28.8 Å². The quantitative estimate of drug-likeness (QED) is 0.613. The van der Waals surface area contributed by atoms with Gasteiger partial charge in [0.2, 0.25) is 5.82 Å². The third-order valence-corrected chi connectivity index (χ3v) is 3.49. The second-order valence-electron chi connectivity index (χ2n) is 5.12. The molecule has 1 aromatic carbocycles. The number of hydrogen-bond donors (Lipinski definition) is 1. The zero-order valence-corrected chi connectivity index (χ0v) is 12.3. The summed E-state index contributed by atoms with van der Waals surface area (Å²) in [5, 5.41) is 20.7. The van der Waals surface area contributed by atoms with Gasteiger partial charge in [0.25, 0.3) is 5.89 Å². The highest BCUT2D eigenvalue weighted by Crippen LogP contribution is 2.23. The van der Waals surface area contributed by atoms with E-state index in [1.165, 1.54) is 0 Å². The third-order valence-electron chi connectivity index (χ3n) is 3.49. The zero-order chi connectivity index (χ0) is 16.5. The van der Waals surface area contributed by atoms with Gasteiger partial charge in [-0.25, -0.2) is 0 Å².